The fourth-order valence-electron chi connectivity index (χ4n) is 3.22. The van der Waals surface area contributed by atoms with E-state index in [-0.39, 0.29) is 11.8 Å². The quantitative estimate of drug-likeness (QED) is 0.885. The van der Waals surface area contributed by atoms with Crippen molar-refractivity contribution in [2.75, 3.05) is 32.6 Å². The zero-order valence-electron chi connectivity index (χ0n) is 15.3. The maximum Gasteiger partial charge on any atom is 0.321 e. The summed E-state index contributed by atoms with van der Waals surface area (Å²) in [5, 5.41) is 12.6. The number of aromatic hydroxyl groups is 1. The van der Waals surface area contributed by atoms with E-state index in [1.54, 1.807) is 37.3 Å². The van der Waals surface area contributed by atoms with Crippen LogP contribution in [-0.4, -0.2) is 43.3 Å². The first-order valence-electron chi connectivity index (χ1n) is 8.61. The molecule has 1 aliphatic heterocycles. The van der Waals surface area contributed by atoms with Crippen molar-refractivity contribution in [2.45, 2.75) is 19.8 Å². The summed E-state index contributed by atoms with van der Waals surface area (Å²) in [4.78, 5) is 14.5. The second-order valence-corrected chi connectivity index (χ2v) is 6.39. The number of hydrogen-bond acceptors (Lipinski definition) is 4. The van der Waals surface area contributed by atoms with Crippen molar-refractivity contribution in [1.82, 2.24) is 4.90 Å². The molecule has 0 aliphatic carbocycles. The zero-order valence-corrected chi connectivity index (χ0v) is 15.3. The molecule has 2 N–H and O–H groups in total. The summed E-state index contributed by atoms with van der Waals surface area (Å²) >= 11 is 0. The highest BCUT2D eigenvalue weighted by molar-refractivity contribution is 5.90. The van der Waals surface area contributed by atoms with Gasteiger partial charge in [-0.3, -0.25) is 0 Å². The third kappa shape index (κ3) is 3.69. The number of aryl methyl sites for hydroxylation is 1. The average molecular weight is 356 g/mol. The van der Waals surface area contributed by atoms with Gasteiger partial charge in [-0.2, -0.15) is 0 Å². The van der Waals surface area contributed by atoms with Crippen molar-refractivity contribution in [3.05, 3.63) is 47.0 Å². The van der Waals surface area contributed by atoms with Crippen LogP contribution in [0.4, 0.5) is 10.5 Å². The van der Waals surface area contributed by atoms with E-state index >= 15 is 0 Å². The first-order valence-corrected chi connectivity index (χ1v) is 8.61. The fourth-order valence-corrected chi connectivity index (χ4v) is 3.22. The third-order valence-corrected chi connectivity index (χ3v) is 4.75. The summed E-state index contributed by atoms with van der Waals surface area (Å²) in [5.74, 6) is 1.47. The van der Waals surface area contributed by atoms with Crippen LogP contribution in [0, 0.1) is 6.92 Å². The van der Waals surface area contributed by atoms with Crippen LogP contribution in [0.3, 0.4) is 0 Å². The predicted molar refractivity (Wildman–Crippen MR) is 100 cm³/mol. The number of urea groups is 1. The standard InChI is InChI=1S/C20H24N2O4/c1-13-10-18(25-2)19(26-3)12-17(13)21-20(24)22-8-6-14-4-5-16(23)11-15(14)7-9-22/h4-5,10-12,23H,6-9H2,1-3H3,(H,21,24). The van der Waals surface area contributed by atoms with Crippen LogP contribution in [0.5, 0.6) is 17.2 Å². The van der Waals surface area contributed by atoms with Gasteiger partial charge in [0.25, 0.3) is 0 Å². The molecule has 0 aromatic heterocycles. The second-order valence-electron chi connectivity index (χ2n) is 6.39. The van der Waals surface area contributed by atoms with Crippen LogP contribution in [0.2, 0.25) is 0 Å². The van der Waals surface area contributed by atoms with Crippen LogP contribution in [0.25, 0.3) is 0 Å². The zero-order chi connectivity index (χ0) is 18.7. The molecule has 0 spiro atoms. The summed E-state index contributed by atoms with van der Waals surface area (Å²) in [7, 11) is 3.16. The van der Waals surface area contributed by atoms with Gasteiger partial charge in [0, 0.05) is 24.8 Å². The maximum absolute atomic E-state index is 12.7. The van der Waals surface area contributed by atoms with E-state index in [1.807, 2.05) is 19.1 Å². The molecular weight excluding hydrogens is 332 g/mol. The van der Waals surface area contributed by atoms with E-state index in [9.17, 15) is 9.90 Å². The number of carbonyl (C=O) groups excluding carboxylic acids is 1. The number of amides is 2. The Labute approximate surface area is 153 Å². The van der Waals surface area contributed by atoms with Crippen molar-refractivity contribution in [1.29, 1.82) is 0 Å². The molecule has 0 atom stereocenters. The van der Waals surface area contributed by atoms with Crippen molar-refractivity contribution >= 4 is 11.7 Å². The molecule has 0 unspecified atom stereocenters. The van der Waals surface area contributed by atoms with Gasteiger partial charge in [-0.1, -0.05) is 6.07 Å². The molecule has 0 saturated heterocycles. The van der Waals surface area contributed by atoms with E-state index in [1.165, 1.54) is 5.56 Å². The highest BCUT2D eigenvalue weighted by atomic mass is 16.5. The number of rotatable bonds is 3. The normalized spacial score (nSPS) is 13.6. The number of phenols is 1. The second kappa shape index (κ2) is 7.56. The summed E-state index contributed by atoms with van der Waals surface area (Å²) in [6.07, 6.45) is 1.50. The Morgan fingerprint density at radius 2 is 1.69 bits per heavy atom. The molecule has 1 heterocycles. The molecule has 138 valence electrons. The Morgan fingerprint density at radius 1 is 1.04 bits per heavy atom. The van der Waals surface area contributed by atoms with E-state index in [4.69, 9.17) is 9.47 Å². The predicted octanol–water partition coefficient (Wildman–Crippen LogP) is 3.35. The molecule has 6 nitrogen and oxygen atoms in total. The minimum atomic E-state index is -0.141. The Morgan fingerprint density at radius 3 is 2.38 bits per heavy atom. The summed E-state index contributed by atoms with van der Waals surface area (Å²) in [5.41, 5.74) is 3.88. The molecule has 2 aromatic carbocycles. The Hall–Kier alpha value is -2.89. The van der Waals surface area contributed by atoms with Crippen molar-refractivity contribution in [3.8, 4) is 17.2 Å². The number of nitrogens with one attached hydrogen (secondary N) is 1. The monoisotopic (exact) mass is 356 g/mol. The third-order valence-electron chi connectivity index (χ3n) is 4.75. The molecule has 0 fully saturated rings. The molecule has 6 heteroatoms. The molecule has 2 amide bonds. The molecule has 0 radical (unpaired) electrons. The number of benzene rings is 2. The smallest absolute Gasteiger partial charge is 0.321 e. The Balaban J connectivity index is 1.73. The molecule has 0 saturated carbocycles. The highest BCUT2D eigenvalue weighted by Crippen LogP contribution is 2.33. The van der Waals surface area contributed by atoms with Gasteiger partial charge in [-0.25, -0.2) is 4.79 Å². The number of methoxy groups -OCH3 is 2. The first-order chi connectivity index (χ1) is 12.5. The lowest BCUT2D eigenvalue weighted by Crippen LogP contribution is -2.37. The minimum Gasteiger partial charge on any atom is -0.508 e. The molecule has 3 rings (SSSR count). The number of fused-ring (bicyclic) bond motifs is 1. The van der Waals surface area contributed by atoms with Crippen molar-refractivity contribution in [2.24, 2.45) is 0 Å². The topological polar surface area (TPSA) is 71.0 Å². The van der Waals surface area contributed by atoms with Crippen LogP contribution < -0.4 is 14.8 Å². The van der Waals surface area contributed by atoms with Crippen LogP contribution >= 0.6 is 0 Å². The van der Waals surface area contributed by atoms with Gasteiger partial charge in [0.2, 0.25) is 0 Å². The number of anilines is 1. The van der Waals surface area contributed by atoms with Crippen LogP contribution in [0.1, 0.15) is 16.7 Å². The van der Waals surface area contributed by atoms with Gasteiger partial charge in [0.15, 0.2) is 11.5 Å². The molecular formula is C20H24N2O4. The van der Waals surface area contributed by atoms with Crippen molar-refractivity contribution < 1.29 is 19.4 Å². The highest BCUT2D eigenvalue weighted by Gasteiger charge is 2.20. The van der Waals surface area contributed by atoms with Crippen LogP contribution in [0.15, 0.2) is 30.3 Å². The first kappa shape index (κ1) is 17.9. The van der Waals surface area contributed by atoms with Gasteiger partial charge in [0.05, 0.1) is 14.2 Å². The fraction of sp³-hybridized carbons (Fsp3) is 0.350. The number of phenolic OH excluding ortho intramolecular Hbond substituents is 1. The van der Waals surface area contributed by atoms with Gasteiger partial charge in [0.1, 0.15) is 5.75 Å². The molecule has 26 heavy (non-hydrogen) atoms. The Bertz CT molecular complexity index is 820. The van der Waals surface area contributed by atoms with E-state index in [0.717, 1.165) is 24.0 Å². The van der Waals surface area contributed by atoms with Gasteiger partial charge in [-0.05, 0) is 54.7 Å². The average Bonchev–Trinajstić information content (AvgIpc) is 2.85. The lowest BCUT2D eigenvalue weighted by Gasteiger charge is -2.22. The van der Waals surface area contributed by atoms with Crippen LogP contribution in [-0.2, 0) is 12.8 Å². The Kier molecular flexibility index (Phi) is 5.21. The number of hydrogen-bond donors (Lipinski definition) is 2. The number of carbonyl (C=O) groups is 1. The van der Waals surface area contributed by atoms with Gasteiger partial charge in [-0.15, -0.1) is 0 Å². The van der Waals surface area contributed by atoms with Gasteiger partial charge >= 0.3 is 6.03 Å². The van der Waals surface area contributed by atoms with E-state index < -0.39 is 0 Å². The van der Waals surface area contributed by atoms with E-state index in [0.29, 0.717) is 30.3 Å². The van der Waals surface area contributed by atoms with Crippen molar-refractivity contribution in [3.63, 3.8) is 0 Å². The largest absolute Gasteiger partial charge is 0.508 e. The molecule has 0 bridgehead atoms. The lowest BCUT2D eigenvalue weighted by molar-refractivity contribution is 0.214. The number of nitrogens with zero attached hydrogens (tertiary/aromatic N) is 1. The SMILES string of the molecule is COc1cc(C)c(NC(=O)N2CCc3ccc(O)cc3CC2)cc1OC. The summed E-state index contributed by atoms with van der Waals surface area (Å²) in [6, 6.07) is 8.89. The molecule has 2 aromatic rings. The maximum atomic E-state index is 12.7. The number of ether oxygens (including phenoxy) is 2. The lowest BCUT2D eigenvalue weighted by atomic mass is 10.0. The minimum absolute atomic E-state index is 0.141. The van der Waals surface area contributed by atoms with Gasteiger partial charge < -0.3 is 24.8 Å². The van der Waals surface area contributed by atoms with E-state index in [2.05, 4.69) is 5.32 Å². The molecule has 1 aliphatic rings. The summed E-state index contributed by atoms with van der Waals surface area (Å²) in [6.45, 7) is 3.16. The summed E-state index contributed by atoms with van der Waals surface area (Å²) < 4.78 is 10.6.